The highest BCUT2D eigenvalue weighted by Crippen LogP contribution is 2.30. The molecule has 2 atom stereocenters. The van der Waals surface area contributed by atoms with Gasteiger partial charge >= 0.3 is 5.97 Å². The number of carbonyl (C=O) groups excluding carboxylic acids is 1. The molecule has 1 amide bonds. The van der Waals surface area contributed by atoms with Crippen LogP contribution in [0.15, 0.2) is 18.2 Å². The fourth-order valence-corrected chi connectivity index (χ4v) is 2.21. The standard InChI is InChI=1S/C16H21NO5/c1-3-10(2)14(16(19)20)17-15(18)11-5-6-12-13(9-11)22-8-4-7-21-12/h5-6,9-10,14H,3-4,7-8H2,1-2H3,(H,17,18)(H,19,20). The van der Waals surface area contributed by atoms with Crippen molar-refractivity contribution in [1.82, 2.24) is 5.32 Å². The monoisotopic (exact) mass is 307 g/mol. The van der Waals surface area contributed by atoms with Gasteiger partial charge in [0.05, 0.1) is 13.2 Å². The van der Waals surface area contributed by atoms with Gasteiger partial charge in [-0.25, -0.2) is 4.79 Å². The summed E-state index contributed by atoms with van der Waals surface area (Å²) in [5.74, 6) is -0.492. The van der Waals surface area contributed by atoms with E-state index in [1.54, 1.807) is 25.1 Å². The van der Waals surface area contributed by atoms with Gasteiger partial charge in [0.2, 0.25) is 0 Å². The Balaban J connectivity index is 2.15. The number of benzene rings is 1. The van der Waals surface area contributed by atoms with Crippen molar-refractivity contribution in [1.29, 1.82) is 0 Å². The van der Waals surface area contributed by atoms with Gasteiger partial charge in [-0.3, -0.25) is 4.79 Å². The molecule has 1 aliphatic heterocycles. The highest BCUT2D eigenvalue weighted by atomic mass is 16.5. The number of hydrogen-bond acceptors (Lipinski definition) is 4. The van der Waals surface area contributed by atoms with Crippen molar-refractivity contribution in [2.45, 2.75) is 32.7 Å². The predicted molar refractivity (Wildman–Crippen MR) is 80.4 cm³/mol. The minimum Gasteiger partial charge on any atom is -0.490 e. The van der Waals surface area contributed by atoms with Gasteiger partial charge in [-0.15, -0.1) is 0 Å². The highest BCUT2D eigenvalue weighted by Gasteiger charge is 2.26. The van der Waals surface area contributed by atoms with Crippen LogP contribution in [0.4, 0.5) is 0 Å². The van der Waals surface area contributed by atoms with Crippen LogP contribution in [-0.4, -0.2) is 36.2 Å². The van der Waals surface area contributed by atoms with E-state index in [1.807, 2.05) is 6.92 Å². The lowest BCUT2D eigenvalue weighted by molar-refractivity contribution is -0.140. The first-order chi connectivity index (χ1) is 10.5. The van der Waals surface area contributed by atoms with E-state index in [4.69, 9.17) is 9.47 Å². The van der Waals surface area contributed by atoms with E-state index in [0.29, 0.717) is 36.7 Å². The molecule has 0 saturated heterocycles. The van der Waals surface area contributed by atoms with Crippen LogP contribution in [0.5, 0.6) is 11.5 Å². The Morgan fingerprint density at radius 3 is 2.59 bits per heavy atom. The number of aliphatic carboxylic acids is 1. The summed E-state index contributed by atoms with van der Waals surface area (Å²) in [6, 6.07) is 3.96. The average Bonchev–Trinajstić information content (AvgIpc) is 2.75. The van der Waals surface area contributed by atoms with Crippen molar-refractivity contribution in [3.63, 3.8) is 0 Å². The molecule has 0 aromatic heterocycles. The third-order valence-corrected chi connectivity index (χ3v) is 3.78. The van der Waals surface area contributed by atoms with Gasteiger partial charge in [0.1, 0.15) is 6.04 Å². The minimum absolute atomic E-state index is 0.151. The highest BCUT2D eigenvalue weighted by molar-refractivity contribution is 5.97. The third-order valence-electron chi connectivity index (χ3n) is 3.78. The lowest BCUT2D eigenvalue weighted by Crippen LogP contribution is -2.45. The van der Waals surface area contributed by atoms with Crippen molar-refractivity contribution in [2.75, 3.05) is 13.2 Å². The van der Waals surface area contributed by atoms with Gasteiger partial charge in [0, 0.05) is 12.0 Å². The first-order valence-corrected chi connectivity index (χ1v) is 7.46. The molecule has 0 spiro atoms. The average molecular weight is 307 g/mol. The molecule has 0 aliphatic carbocycles. The number of fused-ring (bicyclic) bond motifs is 1. The van der Waals surface area contributed by atoms with Crippen LogP contribution < -0.4 is 14.8 Å². The maximum absolute atomic E-state index is 12.3. The summed E-state index contributed by atoms with van der Waals surface area (Å²) < 4.78 is 11.0. The number of nitrogens with one attached hydrogen (secondary N) is 1. The number of ether oxygens (including phenoxy) is 2. The molecule has 1 aliphatic rings. The van der Waals surface area contributed by atoms with Crippen LogP contribution in [0.1, 0.15) is 37.0 Å². The molecule has 1 aromatic carbocycles. The fourth-order valence-electron chi connectivity index (χ4n) is 2.21. The van der Waals surface area contributed by atoms with Crippen molar-refractivity contribution < 1.29 is 24.2 Å². The number of rotatable bonds is 5. The molecule has 2 N–H and O–H groups in total. The molecular formula is C16H21NO5. The van der Waals surface area contributed by atoms with Crippen LogP contribution in [0, 0.1) is 5.92 Å². The smallest absolute Gasteiger partial charge is 0.326 e. The Morgan fingerprint density at radius 1 is 1.27 bits per heavy atom. The Kier molecular flexibility index (Phi) is 5.25. The van der Waals surface area contributed by atoms with Gasteiger partial charge < -0.3 is 19.9 Å². The van der Waals surface area contributed by atoms with Crippen LogP contribution >= 0.6 is 0 Å². The molecular weight excluding hydrogens is 286 g/mol. The summed E-state index contributed by atoms with van der Waals surface area (Å²) in [4.78, 5) is 23.6. The first-order valence-electron chi connectivity index (χ1n) is 7.46. The molecule has 0 radical (unpaired) electrons. The molecule has 6 heteroatoms. The number of amides is 1. The quantitative estimate of drug-likeness (QED) is 0.870. The van der Waals surface area contributed by atoms with Crippen LogP contribution in [0.25, 0.3) is 0 Å². The van der Waals surface area contributed by atoms with Gasteiger partial charge in [0.15, 0.2) is 11.5 Å². The maximum atomic E-state index is 12.3. The second-order valence-electron chi connectivity index (χ2n) is 5.39. The Labute approximate surface area is 129 Å². The van der Waals surface area contributed by atoms with Crippen molar-refractivity contribution in [3.8, 4) is 11.5 Å². The van der Waals surface area contributed by atoms with Gasteiger partial charge in [-0.1, -0.05) is 20.3 Å². The fraction of sp³-hybridized carbons (Fsp3) is 0.500. The van der Waals surface area contributed by atoms with Crippen LogP contribution in [0.3, 0.4) is 0 Å². The zero-order valence-corrected chi connectivity index (χ0v) is 12.8. The number of carboxylic acids is 1. The topological polar surface area (TPSA) is 84.9 Å². The third kappa shape index (κ3) is 3.69. The summed E-state index contributed by atoms with van der Waals surface area (Å²) in [6.07, 6.45) is 1.45. The van der Waals surface area contributed by atoms with E-state index in [-0.39, 0.29) is 5.92 Å². The predicted octanol–water partition coefficient (Wildman–Crippen LogP) is 2.08. The maximum Gasteiger partial charge on any atom is 0.326 e. The lowest BCUT2D eigenvalue weighted by Gasteiger charge is -2.20. The molecule has 2 rings (SSSR count). The molecule has 6 nitrogen and oxygen atoms in total. The molecule has 120 valence electrons. The van der Waals surface area contributed by atoms with E-state index < -0.39 is 17.9 Å². The van der Waals surface area contributed by atoms with E-state index in [0.717, 1.165) is 6.42 Å². The zero-order valence-electron chi connectivity index (χ0n) is 12.8. The Bertz CT molecular complexity index is 557. The van der Waals surface area contributed by atoms with Gasteiger partial charge in [0.25, 0.3) is 5.91 Å². The lowest BCUT2D eigenvalue weighted by atomic mass is 9.99. The summed E-state index contributed by atoms with van der Waals surface area (Å²) >= 11 is 0. The molecule has 0 bridgehead atoms. The van der Waals surface area contributed by atoms with E-state index in [1.165, 1.54) is 0 Å². The largest absolute Gasteiger partial charge is 0.490 e. The molecule has 2 unspecified atom stereocenters. The first kappa shape index (κ1) is 16.1. The second kappa shape index (κ2) is 7.15. The number of hydrogen-bond donors (Lipinski definition) is 2. The van der Waals surface area contributed by atoms with E-state index >= 15 is 0 Å². The van der Waals surface area contributed by atoms with E-state index in [9.17, 15) is 14.7 Å². The molecule has 1 heterocycles. The summed E-state index contributed by atoms with van der Waals surface area (Å²) in [5, 5.41) is 11.8. The number of carboxylic acid groups (broad SMARTS) is 1. The van der Waals surface area contributed by atoms with Crippen LogP contribution in [0.2, 0.25) is 0 Å². The molecule has 0 fully saturated rings. The normalized spacial score (nSPS) is 16.3. The van der Waals surface area contributed by atoms with Crippen LogP contribution in [-0.2, 0) is 4.79 Å². The second-order valence-corrected chi connectivity index (χ2v) is 5.39. The number of carbonyl (C=O) groups is 2. The summed E-state index contributed by atoms with van der Waals surface area (Å²) in [5.41, 5.74) is 0.360. The summed E-state index contributed by atoms with van der Waals surface area (Å²) in [6.45, 7) is 4.80. The molecule has 1 aromatic rings. The van der Waals surface area contributed by atoms with Crippen molar-refractivity contribution in [2.24, 2.45) is 5.92 Å². The van der Waals surface area contributed by atoms with E-state index in [2.05, 4.69) is 5.32 Å². The molecule has 22 heavy (non-hydrogen) atoms. The Morgan fingerprint density at radius 2 is 1.95 bits per heavy atom. The van der Waals surface area contributed by atoms with Crippen molar-refractivity contribution >= 4 is 11.9 Å². The van der Waals surface area contributed by atoms with Gasteiger partial charge in [-0.05, 0) is 24.1 Å². The zero-order chi connectivity index (χ0) is 16.1. The minimum atomic E-state index is -1.03. The Hall–Kier alpha value is -2.24. The van der Waals surface area contributed by atoms with Crippen molar-refractivity contribution in [3.05, 3.63) is 23.8 Å². The van der Waals surface area contributed by atoms with Gasteiger partial charge in [-0.2, -0.15) is 0 Å². The SMILES string of the molecule is CCC(C)C(NC(=O)c1ccc2c(c1)OCCCO2)C(=O)O. The molecule has 0 saturated carbocycles. The summed E-state index contributed by atoms with van der Waals surface area (Å²) in [7, 11) is 0.